The van der Waals surface area contributed by atoms with Crippen molar-refractivity contribution in [3.05, 3.63) is 70.1 Å². The highest BCUT2D eigenvalue weighted by atomic mass is 79.9. The Balaban J connectivity index is 1.51. The molecule has 2 aromatic carbocycles. The van der Waals surface area contributed by atoms with Gasteiger partial charge in [0, 0.05) is 46.6 Å². The van der Waals surface area contributed by atoms with Gasteiger partial charge in [0.1, 0.15) is 17.5 Å². The third-order valence-corrected chi connectivity index (χ3v) is 5.94. The largest absolute Gasteiger partial charge is 0.357 e. The summed E-state index contributed by atoms with van der Waals surface area (Å²) >= 11 is 3.47. The molecule has 2 amide bonds. The van der Waals surface area contributed by atoms with E-state index in [0.29, 0.717) is 34.8 Å². The Morgan fingerprint density at radius 2 is 2.00 bits per heavy atom. The number of hydrogen-bond donors (Lipinski definition) is 3. The lowest BCUT2D eigenvalue weighted by molar-refractivity contribution is 0.262. The molecule has 0 bridgehead atoms. The fourth-order valence-corrected chi connectivity index (χ4v) is 4.31. The molecule has 0 saturated carbocycles. The van der Waals surface area contributed by atoms with Crippen LogP contribution < -0.4 is 20.9 Å². The van der Waals surface area contributed by atoms with Crippen LogP contribution in [0.15, 0.2) is 58.1 Å². The van der Waals surface area contributed by atoms with Crippen LogP contribution in [0.2, 0.25) is 0 Å². The number of urea groups is 1. The monoisotopic (exact) mass is 507 g/mol. The number of nitrogens with one attached hydrogen (secondary N) is 3. The molecule has 5 rings (SSSR count). The summed E-state index contributed by atoms with van der Waals surface area (Å²) in [4.78, 5) is 28.0. The molecule has 0 atom stereocenters. The lowest BCUT2D eigenvalue weighted by atomic mass is 9.98. The van der Waals surface area contributed by atoms with Crippen LogP contribution in [-0.4, -0.2) is 42.0 Å². The van der Waals surface area contributed by atoms with Gasteiger partial charge in [-0.2, -0.15) is 4.98 Å². The summed E-state index contributed by atoms with van der Waals surface area (Å²) < 4.78 is 15.3. The van der Waals surface area contributed by atoms with Gasteiger partial charge in [0.25, 0.3) is 0 Å². The average Bonchev–Trinajstić information content (AvgIpc) is 3.31. The molecule has 2 aliphatic rings. The van der Waals surface area contributed by atoms with Crippen LogP contribution in [0.1, 0.15) is 11.1 Å². The molecule has 2 aliphatic heterocycles. The molecule has 3 N–H and O–H groups in total. The van der Waals surface area contributed by atoms with E-state index >= 15 is 0 Å². The number of aromatic nitrogens is 2. The van der Waals surface area contributed by atoms with Gasteiger partial charge >= 0.3 is 6.03 Å². The molecule has 3 aromatic rings. The van der Waals surface area contributed by atoms with Crippen LogP contribution in [0.4, 0.5) is 32.3 Å². The summed E-state index contributed by atoms with van der Waals surface area (Å²) in [5, 5.41) is 8.25. The van der Waals surface area contributed by atoms with Gasteiger partial charge in [0.05, 0.1) is 12.2 Å². The number of carbonyl (C=O) groups excluding carboxylic acids is 1. The molecular formula is C23H19BrFN7O. The normalized spacial score (nSPS) is 14.1. The predicted molar refractivity (Wildman–Crippen MR) is 132 cm³/mol. The van der Waals surface area contributed by atoms with E-state index < -0.39 is 11.8 Å². The molecule has 0 spiro atoms. The molecule has 10 heteroatoms. The van der Waals surface area contributed by atoms with Crippen molar-refractivity contribution < 1.29 is 9.18 Å². The standard InChI is InChI=1S/C23H19BrFN7O/c1-26-22-28-12-13-9-16(21-27-7-8-32(21)20(13)31-22)15-10-19(18(25)11-17(15)24)30-23(33)29-14-5-3-2-4-6-14/h2-6,9-12H,7-8H2,1H3,(H,26,28,31)(H2,29,30,33). The number of aliphatic imine (C=N–C) groups is 1. The van der Waals surface area contributed by atoms with Crippen molar-refractivity contribution in [1.29, 1.82) is 0 Å². The topological polar surface area (TPSA) is 94.5 Å². The zero-order chi connectivity index (χ0) is 22.9. The first kappa shape index (κ1) is 21.1. The third-order valence-electron chi connectivity index (χ3n) is 5.28. The summed E-state index contributed by atoms with van der Waals surface area (Å²) in [7, 11) is 1.77. The molecule has 8 nitrogen and oxygen atoms in total. The van der Waals surface area contributed by atoms with Gasteiger partial charge in [-0.3, -0.25) is 4.99 Å². The first-order valence-electron chi connectivity index (χ1n) is 10.2. The van der Waals surface area contributed by atoms with Gasteiger partial charge in [0.2, 0.25) is 5.95 Å². The number of para-hydroxylation sites is 1. The molecule has 0 unspecified atom stereocenters. The second kappa shape index (κ2) is 8.62. The van der Waals surface area contributed by atoms with Crippen LogP contribution in [-0.2, 0) is 0 Å². The van der Waals surface area contributed by atoms with Crippen LogP contribution in [0.25, 0.3) is 11.6 Å². The van der Waals surface area contributed by atoms with Gasteiger partial charge in [0.15, 0.2) is 0 Å². The van der Waals surface area contributed by atoms with Crippen molar-refractivity contribution in [2.75, 3.05) is 41.0 Å². The minimum Gasteiger partial charge on any atom is -0.357 e. The maximum atomic E-state index is 14.7. The Kier molecular flexibility index (Phi) is 5.51. The van der Waals surface area contributed by atoms with Crippen molar-refractivity contribution in [3.63, 3.8) is 0 Å². The van der Waals surface area contributed by atoms with Gasteiger partial charge in [-0.15, -0.1) is 0 Å². The Labute approximate surface area is 197 Å². The highest BCUT2D eigenvalue weighted by Gasteiger charge is 2.31. The Morgan fingerprint density at radius 1 is 1.18 bits per heavy atom. The molecule has 3 heterocycles. The number of fused-ring (bicyclic) bond motifs is 3. The Hall–Kier alpha value is -3.79. The second-order valence-corrected chi connectivity index (χ2v) is 8.25. The molecule has 0 aliphatic carbocycles. The second-order valence-electron chi connectivity index (χ2n) is 7.39. The van der Waals surface area contributed by atoms with Gasteiger partial charge < -0.3 is 20.9 Å². The predicted octanol–water partition coefficient (Wildman–Crippen LogP) is 4.84. The summed E-state index contributed by atoms with van der Waals surface area (Å²) in [5.41, 5.74) is 2.98. The number of amides is 2. The molecular weight excluding hydrogens is 489 g/mol. The average molecular weight is 508 g/mol. The van der Waals surface area contributed by atoms with Crippen molar-refractivity contribution in [3.8, 4) is 0 Å². The smallest absolute Gasteiger partial charge is 0.323 e. The van der Waals surface area contributed by atoms with Gasteiger partial charge in [-0.25, -0.2) is 14.2 Å². The van der Waals surface area contributed by atoms with Crippen LogP contribution in [0.5, 0.6) is 0 Å². The minimum absolute atomic E-state index is 0.0558. The summed E-state index contributed by atoms with van der Waals surface area (Å²) in [6.45, 7) is 1.30. The fraction of sp³-hybridized carbons (Fsp3) is 0.130. The van der Waals surface area contributed by atoms with Crippen LogP contribution in [0, 0.1) is 5.82 Å². The quantitative estimate of drug-likeness (QED) is 0.469. The first-order chi connectivity index (χ1) is 16.0. The first-order valence-corrected chi connectivity index (χ1v) is 11.0. The number of nitrogens with zero attached hydrogens (tertiary/aromatic N) is 4. The summed E-state index contributed by atoms with van der Waals surface area (Å²) in [6.07, 6.45) is 3.68. The molecule has 0 radical (unpaired) electrons. The number of benzene rings is 2. The molecule has 33 heavy (non-hydrogen) atoms. The Bertz CT molecular complexity index is 1310. The zero-order valence-corrected chi connectivity index (χ0v) is 19.1. The number of halogens is 2. The van der Waals surface area contributed by atoms with Crippen LogP contribution >= 0.6 is 15.9 Å². The lowest BCUT2D eigenvalue weighted by Crippen LogP contribution is -2.32. The van der Waals surface area contributed by atoms with Crippen molar-refractivity contribution in [1.82, 2.24) is 9.97 Å². The van der Waals surface area contributed by atoms with E-state index in [4.69, 9.17) is 0 Å². The maximum Gasteiger partial charge on any atom is 0.323 e. The minimum atomic E-state index is -0.558. The lowest BCUT2D eigenvalue weighted by Gasteiger charge is -2.28. The SMILES string of the molecule is CNc1ncc2c(n1)N1CCN=C1C(c1cc(NC(=O)Nc3ccccc3)c(F)cc1Br)=C2. The number of hydrogen-bond acceptors (Lipinski definition) is 6. The van der Waals surface area contributed by atoms with Crippen molar-refractivity contribution >= 4 is 62.6 Å². The van der Waals surface area contributed by atoms with E-state index in [2.05, 4.69) is 46.8 Å². The molecule has 0 fully saturated rings. The zero-order valence-electron chi connectivity index (χ0n) is 17.6. The van der Waals surface area contributed by atoms with E-state index in [1.807, 2.05) is 17.0 Å². The van der Waals surface area contributed by atoms with E-state index in [1.54, 1.807) is 43.6 Å². The fourth-order valence-electron chi connectivity index (χ4n) is 3.78. The van der Waals surface area contributed by atoms with Crippen molar-refractivity contribution in [2.24, 2.45) is 4.99 Å². The highest BCUT2D eigenvalue weighted by molar-refractivity contribution is 9.10. The van der Waals surface area contributed by atoms with Gasteiger partial charge in [-0.1, -0.05) is 34.1 Å². The molecule has 1 aromatic heterocycles. The Morgan fingerprint density at radius 3 is 2.79 bits per heavy atom. The third kappa shape index (κ3) is 4.05. The van der Waals surface area contributed by atoms with E-state index in [-0.39, 0.29) is 5.69 Å². The number of carbonyl (C=O) groups is 1. The molecule has 0 saturated heterocycles. The van der Waals surface area contributed by atoms with E-state index in [0.717, 1.165) is 22.8 Å². The summed E-state index contributed by atoms with van der Waals surface area (Å²) in [6, 6.07) is 11.4. The number of amidine groups is 1. The maximum absolute atomic E-state index is 14.7. The van der Waals surface area contributed by atoms with E-state index in [1.165, 1.54) is 6.07 Å². The van der Waals surface area contributed by atoms with Crippen LogP contribution in [0.3, 0.4) is 0 Å². The highest BCUT2D eigenvalue weighted by Crippen LogP contribution is 2.39. The van der Waals surface area contributed by atoms with Gasteiger partial charge in [-0.05, 0) is 30.3 Å². The molecule has 166 valence electrons. The van der Waals surface area contributed by atoms with Crippen molar-refractivity contribution in [2.45, 2.75) is 0 Å². The number of anilines is 4. The number of rotatable bonds is 4. The van der Waals surface area contributed by atoms with E-state index in [9.17, 15) is 9.18 Å². The summed E-state index contributed by atoms with van der Waals surface area (Å²) in [5.74, 6) is 1.48.